The average Bonchev–Trinajstić information content (AvgIpc) is 1.56. The summed E-state index contributed by atoms with van der Waals surface area (Å²) < 4.78 is 0. The van der Waals surface area contributed by atoms with E-state index in [9.17, 15) is 0 Å². The van der Waals surface area contributed by atoms with Gasteiger partial charge in [-0.25, -0.2) is 39.9 Å². The molecule has 3 aromatic heterocycles. The molecule has 3 aliphatic rings. The van der Waals surface area contributed by atoms with Crippen molar-refractivity contribution in [2.75, 3.05) is 0 Å². The van der Waals surface area contributed by atoms with Crippen LogP contribution in [0.3, 0.4) is 0 Å². The maximum atomic E-state index is 5.22. The number of nitrogens with zero attached hydrogens (tertiary/aromatic N) is 8. The highest BCUT2D eigenvalue weighted by molar-refractivity contribution is 6.09. The minimum atomic E-state index is -0.186. The molecule has 8 nitrogen and oxygen atoms in total. The maximum absolute atomic E-state index is 5.22. The molecule has 23 aromatic rings. The van der Waals surface area contributed by atoms with Crippen LogP contribution in [-0.4, -0.2) is 39.9 Å². The predicted octanol–water partition coefficient (Wildman–Crippen LogP) is 33.9. The molecule has 0 radical (unpaired) electrons. The summed E-state index contributed by atoms with van der Waals surface area (Å²) in [5.74, 6) is 4.70. The van der Waals surface area contributed by atoms with E-state index in [1.807, 2.05) is 78.9 Å². The second-order valence-electron chi connectivity index (χ2n) is 38.4. The van der Waals surface area contributed by atoms with Crippen molar-refractivity contribution in [1.82, 2.24) is 39.9 Å². The van der Waals surface area contributed by atoms with Crippen molar-refractivity contribution in [2.24, 2.45) is 0 Å². The summed E-state index contributed by atoms with van der Waals surface area (Å²) in [6, 6.07) is 167. The molecule has 0 saturated heterocycles. The van der Waals surface area contributed by atoms with Gasteiger partial charge in [0.1, 0.15) is 0 Å². The van der Waals surface area contributed by atoms with E-state index in [4.69, 9.17) is 39.9 Å². The quantitative estimate of drug-likeness (QED) is 0.106. The van der Waals surface area contributed by atoms with Crippen molar-refractivity contribution >= 4 is 32.3 Å². The standard InChI is InChI=1S/C47H34N2.C46H33N3.C40H29N3/c1-47(2)42-19-10-9-17-39(42)40-27-26-37(29-43(40)47)36-25-22-31-16-11-18-38(41(31)28-36)32-20-23-34(24-21-32)45-30-44(33-12-5-3-6-13-33)48-46(49-45)35-14-7-4-8-15-35;1-46(2)41-29-34(23-24-39(41)40-25-22-32-18-12-13-21-38(32)42(40)46)44-47-43(33-19-10-5-11-20-33)48-45(49-44)37-27-35(30-14-6-3-7-15-30)26-36(28-37)31-16-8-4-9-17-31;1-40(2)34-20-12-11-19-32(34)36-31-18-10-9-17-30(31)33(25-35(36)40)39-42-37(28-15-7-4-8-16-28)41-38(43-39)29-23-21-27(22-24-29)26-13-5-3-6-14-26/h3-30H,1-2H3;3-29H,1-2H3;3-25H,1-2H3. The summed E-state index contributed by atoms with van der Waals surface area (Å²) in [7, 11) is 0. The van der Waals surface area contributed by atoms with E-state index in [0.29, 0.717) is 34.9 Å². The van der Waals surface area contributed by atoms with E-state index in [-0.39, 0.29) is 16.2 Å². The highest BCUT2D eigenvalue weighted by Gasteiger charge is 2.40. The van der Waals surface area contributed by atoms with Crippen LogP contribution in [0.1, 0.15) is 74.9 Å². The monoisotopic (exact) mass is 1800 g/mol. The first-order chi connectivity index (χ1) is 69.1. The zero-order chi connectivity index (χ0) is 94.9. The van der Waals surface area contributed by atoms with E-state index in [2.05, 4.69) is 436 Å². The van der Waals surface area contributed by atoms with Gasteiger partial charge in [0, 0.05) is 66.3 Å². The second kappa shape index (κ2) is 35.8. The maximum Gasteiger partial charge on any atom is 0.164 e. The molecule has 0 bridgehead atoms. The van der Waals surface area contributed by atoms with Gasteiger partial charge in [-0.15, -0.1) is 0 Å². The van der Waals surface area contributed by atoms with Crippen molar-refractivity contribution in [1.29, 1.82) is 0 Å². The van der Waals surface area contributed by atoms with Gasteiger partial charge in [0.2, 0.25) is 0 Å². The fourth-order valence-electron chi connectivity index (χ4n) is 21.4. The summed E-state index contributed by atoms with van der Waals surface area (Å²) >= 11 is 0. The van der Waals surface area contributed by atoms with Gasteiger partial charge in [0.05, 0.1) is 11.4 Å². The van der Waals surface area contributed by atoms with Crippen LogP contribution in [0.15, 0.2) is 473 Å². The Morgan fingerprint density at radius 3 is 1.05 bits per heavy atom. The van der Waals surface area contributed by atoms with Gasteiger partial charge in [-0.05, 0) is 203 Å². The van der Waals surface area contributed by atoms with Gasteiger partial charge >= 0.3 is 0 Å². The number of hydrogen-bond acceptors (Lipinski definition) is 8. The molecule has 141 heavy (non-hydrogen) atoms. The highest BCUT2D eigenvalue weighted by Crippen LogP contribution is 2.56. The number of benzene rings is 20. The molecule has 0 aliphatic heterocycles. The van der Waals surface area contributed by atoms with Crippen LogP contribution in [0, 0.1) is 0 Å². The van der Waals surface area contributed by atoms with Crippen LogP contribution >= 0.6 is 0 Å². The Kier molecular flexibility index (Phi) is 21.8. The Balaban J connectivity index is 0.000000115. The van der Waals surface area contributed by atoms with Crippen LogP contribution in [0.4, 0.5) is 0 Å². The molecule has 0 saturated carbocycles. The predicted molar refractivity (Wildman–Crippen MR) is 583 cm³/mol. The Morgan fingerprint density at radius 1 is 0.142 bits per heavy atom. The lowest BCUT2D eigenvalue weighted by atomic mass is 9.80. The normalized spacial score (nSPS) is 12.9. The van der Waals surface area contributed by atoms with Crippen molar-refractivity contribution in [3.05, 3.63) is 507 Å². The SMILES string of the molecule is CC1(C)c2cc(-c3nc(-c4ccccc4)nc(-c4cc(-c5ccccc5)cc(-c5ccccc5)c4)n3)ccc2-c2ccc3ccccc3c21.CC1(C)c2ccccc2-c2c1cc(-c1nc(-c3ccccc3)nc(-c3ccc(-c4ccccc4)cc3)n1)c1ccccc21.CC1(C)c2ccccc2-c2ccc(-c3ccc4cccc(-c5ccc(-c6cc(-c7ccccc7)nc(-c7ccccc7)n6)cc5)c4c3)cc21. The van der Waals surface area contributed by atoms with Crippen LogP contribution in [0.25, 0.3) is 224 Å². The van der Waals surface area contributed by atoms with Crippen LogP contribution in [-0.2, 0) is 16.2 Å². The fraction of sp³-hybridized carbons (Fsp3) is 0.0677. The molecule has 3 aliphatic carbocycles. The summed E-state index contributed by atoms with van der Waals surface area (Å²) in [5, 5.41) is 7.42. The molecular formula is C133H96N8. The molecular weight excluding hydrogens is 1710 g/mol. The van der Waals surface area contributed by atoms with E-state index in [0.717, 1.165) is 100 Å². The topological polar surface area (TPSA) is 103 Å². The van der Waals surface area contributed by atoms with Crippen LogP contribution in [0.2, 0.25) is 0 Å². The molecule has 20 aromatic carbocycles. The third-order valence-electron chi connectivity index (χ3n) is 28.7. The first kappa shape index (κ1) is 86.1. The molecule has 8 heteroatoms. The summed E-state index contributed by atoms with van der Waals surface area (Å²) in [6.45, 7) is 14.0. The summed E-state index contributed by atoms with van der Waals surface area (Å²) in [5.41, 5.74) is 38.2. The Labute approximate surface area is 822 Å². The van der Waals surface area contributed by atoms with Gasteiger partial charge < -0.3 is 0 Å². The van der Waals surface area contributed by atoms with E-state index in [1.165, 1.54) is 122 Å². The molecule has 0 fully saturated rings. The van der Waals surface area contributed by atoms with Gasteiger partial charge in [0.15, 0.2) is 40.8 Å². The van der Waals surface area contributed by atoms with Gasteiger partial charge in [0.25, 0.3) is 0 Å². The smallest absolute Gasteiger partial charge is 0.164 e. The zero-order valence-corrected chi connectivity index (χ0v) is 79.1. The summed E-state index contributed by atoms with van der Waals surface area (Å²) in [6.07, 6.45) is 0. The van der Waals surface area contributed by atoms with Gasteiger partial charge in [-0.3, -0.25) is 0 Å². The molecule has 0 spiro atoms. The minimum absolute atomic E-state index is 0.0287. The van der Waals surface area contributed by atoms with E-state index < -0.39 is 0 Å². The summed E-state index contributed by atoms with van der Waals surface area (Å²) in [4.78, 5) is 40.7. The molecule has 0 amide bonds. The van der Waals surface area contributed by atoms with E-state index >= 15 is 0 Å². The van der Waals surface area contributed by atoms with Crippen molar-refractivity contribution in [3.63, 3.8) is 0 Å². The lowest BCUT2D eigenvalue weighted by Crippen LogP contribution is -2.15. The lowest BCUT2D eigenvalue weighted by Gasteiger charge is -2.23. The molecule has 3 heterocycles. The number of rotatable bonds is 14. The first-order valence-corrected chi connectivity index (χ1v) is 48.4. The fourth-order valence-corrected chi connectivity index (χ4v) is 21.4. The average molecular weight is 1810 g/mol. The molecule has 0 N–H and O–H groups in total. The Bertz CT molecular complexity index is 8630. The molecule has 26 rings (SSSR count). The number of hydrogen-bond donors (Lipinski definition) is 0. The molecule has 0 unspecified atom stereocenters. The van der Waals surface area contributed by atoms with Gasteiger partial charge in [-0.2, -0.15) is 0 Å². The second-order valence-corrected chi connectivity index (χ2v) is 38.4. The van der Waals surface area contributed by atoms with E-state index in [1.54, 1.807) is 0 Å². The number of aromatic nitrogens is 8. The third-order valence-corrected chi connectivity index (χ3v) is 28.7. The van der Waals surface area contributed by atoms with Crippen molar-refractivity contribution < 1.29 is 0 Å². The molecule has 668 valence electrons. The van der Waals surface area contributed by atoms with Crippen molar-refractivity contribution in [2.45, 2.75) is 57.8 Å². The largest absolute Gasteiger partial charge is 0.228 e. The minimum Gasteiger partial charge on any atom is -0.228 e. The van der Waals surface area contributed by atoms with Crippen LogP contribution in [0.5, 0.6) is 0 Å². The Hall–Kier alpha value is -17.7. The third kappa shape index (κ3) is 16.0. The number of fused-ring (bicyclic) bond motifs is 14. The Morgan fingerprint density at radius 2 is 0.468 bits per heavy atom. The highest BCUT2D eigenvalue weighted by atomic mass is 15.0. The van der Waals surface area contributed by atoms with Gasteiger partial charge in [-0.1, -0.05) is 466 Å². The van der Waals surface area contributed by atoms with Crippen molar-refractivity contribution in [3.8, 4) is 191 Å². The lowest BCUT2D eigenvalue weighted by molar-refractivity contribution is 0.660. The van der Waals surface area contributed by atoms with Crippen LogP contribution < -0.4 is 0 Å². The molecule has 0 atom stereocenters. The first-order valence-electron chi connectivity index (χ1n) is 48.4. The zero-order valence-electron chi connectivity index (χ0n) is 79.1.